The molecule has 1 aliphatic heterocycles. The van der Waals surface area contributed by atoms with E-state index in [1.54, 1.807) is 0 Å². The molecule has 0 unspecified atom stereocenters. The van der Waals surface area contributed by atoms with Crippen molar-refractivity contribution in [2.75, 3.05) is 0 Å². The van der Waals surface area contributed by atoms with Crippen molar-refractivity contribution in [1.82, 2.24) is 15.0 Å². The molecule has 0 fully saturated rings. The molecule has 0 saturated carbocycles. The van der Waals surface area contributed by atoms with Crippen LogP contribution in [0.25, 0.3) is 45.3 Å². The Hall–Kier alpha value is -6.65. The Kier molecular flexibility index (Phi) is 7.33. The van der Waals surface area contributed by atoms with Crippen molar-refractivity contribution in [3.63, 3.8) is 0 Å². The number of hydrogen-bond donors (Lipinski definition) is 0. The molecule has 2 heterocycles. The zero-order chi connectivity index (χ0) is 33.3. The van der Waals surface area contributed by atoms with Crippen LogP contribution in [0.3, 0.4) is 0 Å². The first-order valence-electron chi connectivity index (χ1n) is 16.8. The normalized spacial score (nSPS) is 12.7. The number of hydrogen-bond acceptors (Lipinski definition) is 4. The van der Waals surface area contributed by atoms with Crippen LogP contribution in [0.1, 0.15) is 22.3 Å². The fourth-order valence-electron chi connectivity index (χ4n) is 7.21. The van der Waals surface area contributed by atoms with Gasteiger partial charge in [0.1, 0.15) is 11.5 Å². The molecule has 4 heteroatoms. The Morgan fingerprint density at radius 2 is 0.840 bits per heavy atom. The van der Waals surface area contributed by atoms with Crippen LogP contribution in [0, 0.1) is 0 Å². The van der Waals surface area contributed by atoms with E-state index in [1.165, 1.54) is 0 Å². The largest absolute Gasteiger partial charge is 0.456 e. The van der Waals surface area contributed by atoms with Gasteiger partial charge in [-0.05, 0) is 40.5 Å². The van der Waals surface area contributed by atoms with Crippen molar-refractivity contribution < 1.29 is 4.74 Å². The highest BCUT2D eigenvalue weighted by Crippen LogP contribution is 2.57. The van der Waals surface area contributed by atoms with Gasteiger partial charge in [-0.3, -0.25) is 0 Å². The third kappa shape index (κ3) is 4.97. The van der Waals surface area contributed by atoms with Crippen molar-refractivity contribution in [3.05, 3.63) is 210 Å². The first-order valence-corrected chi connectivity index (χ1v) is 16.8. The van der Waals surface area contributed by atoms with Crippen molar-refractivity contribution in [3.8, 4) is 56.8 Å². The topological polar surface area (TPSA) is 47.9 Å². The molecule has 0 N–H and O–H groups in total. The molecule has 1 aromatic heterocycles. The van der Waals surface area contributed by atoms with E-state index in [-0.39, 0.29) is 0 Å². The van der Waals surface area contributed by atoms with Gasteiger partial charge in [-0.2, -0.15) is 0 Å². The summed E-state index contributed by atoms with van der Waals surface area (Å²) in [6.07, 6.45) is 0. The summed E-state index contributed by atoms with van der Waals surface area (Å²) < 4.78 is 6.93. The molecule has 0 amide bonds. The molecule has 0 spiro atoms. The Morgan fingerprint density at radius 3 is 1.52 bits per heavy atom. The van der Waals surface area contributed by atoms with Crippen molar-refractivity contribution in [1.29, 1.82) is 0 Å². The van der Waals surface area contributed by atoms with Gasteiger partial charge < -0.3 is 4.74 Å². The summed E-state index contributed by atoms with van der Waals surface area (Å²) in [5.41, 5.74) is 8.62. The van der Waals surface area contributed by atoms with Gasteiger partial charge in [-0.25, -0.2) is 15.0 Å². The maximum atomic E-state index is 6.93. The first kappa shape index (κ1) is 29.5. The second-order valence-electron chi connectivity index (χ2n) is 12.4. The number of rotatable bonds is 6. The van der Waals surface area contributed by atoms with Crippen LogP contribution in [0.2, 0.25) is 0 Å². The van der Waals surface area contributed by atoms with Gasteiger partial charge >= 0.3 is 0 Å². The summed E-state index contributed by atoms with van der Waals surface area (Å²) in [6.45, 7) is 0. The SMILES string of the molecule is c1ccc(-c2cccc(-c3nc(-c4ccccc4)nc(-c4cccc5c4Oc4ccccc4C5(c4ccccc4)c4ccccc4)n3)c2)cc1. The molecule has 50 heavy (non-hydrogen) atoms. The Bertz CT molecular complexity index is 2410. The van der Waals surface area contributed by atoms with E-state index in [1.807, 2.05) is 42.5 Å². The Balaban J connectivity index is 1.31. The van der Waals surface area contributed by atoms with Crippen molar-refractivity contribution in [2.24, 2.45) is 0 Å². The molecule has 0 bridgehead atoms. The molecule has 236 valence electrons. The third-order valence-electron chi connectivity index (χ3n) is 9.47. The predicted molar refractivity (Wildman–Crippen MR) is 200 cm³/mol. The van der Waals surface area contributed by atoms with Gasteiger partial charge in [0.15, 0.2) is 17.5 Å². The minimum atomic E-state index is -0.648. The molecule has 9 rings (SSSR count). The average molecular weight is 642 g/mol. The number of para-hydroxylation sites is 2. The number of benzene rings is 7. The van der Waals surface area contributed by atoms with Crippen molar-refractivity contribution in [2.45, 2.75) is 5.41 Å². The summed E-state index contributed by atoms with van der Waals surface area (Å²) in [5, 5.41) is 0. The van der Waals surface area contributed by atoms with Crippen LogP contribution in [0.5, 0.6) is 11.5 Å². The quantitative estimate of drug-likeness (QED) is 0.181. The monoisotopic (exact) mass is 641 g/mol. The highest BCUT2D eigenvalue weighted by molar-refractivity contribution is 5.79. The molecule has 1 aliphatic rings. The van der Waals surface area contributed by atoms with Crippen LogP contribution in [0.4, 0.5) is 0 Å². The zero-order valence-electron chi connectivity index (χ0n) is 27.1. The minimum absolute atomic E-state index is 0.547. The van der Waals surface area contributed by atoms with Crippen molar-refractivity contribution >= 4 is 0 Å². The van der Waals surface area contributed by atoms with Crippen LogP contribution in [0.15, 0.2) is 188 Å². The lowest BCUT2D eigenvalue weighted by Crippen LogP contribution is -2.34. The number of fused-ring (bicyclic) bond motifs is 2. The minimum Gasteiger partial charge on any atom is -0.456 e. The van der Waals surface area contributed by atoms with E-state index < -0.39 is 5.41 Å². The average Bonchev–Trinajstić information content (AvgIpc) is 3.21. The van der Waals surface area contributed by atoms with E-state index in [0.29, 0.717) is 17.5 Å². The van der Waals surface area contributed by atoms with E-state index in [0.717, 1.165) is 61.6 Å². The van der Waals surface area contributed by atoms with Crippen LogP contribution < -0.4 is 4.74 Å². The fraction of sp³-hybridized carbons (Fsp3) is 0.0217. The van der Waals surface area contributed by atoms with E-state index in [2.05, 4.69) is 146 Å². The second-order valence-corrected chi connectivity index (χ2v) is 12.4. The van der Waals surface area contributed by atoms with Gasteiger partial charge in [0, 0.05) is 22.3 Å². The van der Waals surface area contributed by atoms with E-state index in [9.17, 15) is 0 Å². The number of aromatic nitrogens is 3. The maximum absolute atomic E-state index is 6.93. The lowest BCUT2D eigenvalue weighted by atomic mass is 9.63. The van der Waals surface area contributed by atoms with E-state index >= 15 is 0 Å². The zero-order valence-corrected chi connectivity index (χ0v) is 27.1. The lowest BCUT2D eigenvalue weighted by molar-refractivity contribution is 0.436. The van der Waals surface area contributed by atoms with Crippen LogP contribution in [-0.2, 0) is 5.41 Å². The number of nitrogens with zero attached hydrogens (tertiary/aromatic N) is 3. The van der Waals surface area contributed by atoms with Gasteiger partial charge in [-0.1, -0.05) is 170 Å². The molecule has 4 nitrogen and oxygen atoms in total. The van der Waals surface area contributed by atoms with E-state index in [4.69, 9.17) is 19.7 Å². The third-order valence-corrected chi connectivity index (χ3v) is 9.47. The molecule has 0 saturated heterocycles. The summed E-state index contributed by atoms with van der Waals surface area (Å²) in [6, 6.07) is 64.9. The molecular formula is C46H31N3O. The summed E-state index contributed by atoms with van der Waals surface area (Å²) in [5.74, 6) is 3.27. The lowest BCUT2D eigenvalue weighted by Gasteiger charge is -2.42. The van der Waals surface area contributed by atoms with Gasteiger partial charge in [0.25, 0.3) is 0 Å². The molecule has 8 aromatic rings. The summed E-state index contributed by atoms with van der Waals surface area (Å²) in [7, 11) is 0. The smallest absolute Gasteiger partial charge is 0.167 e. The van der Waals surface area contributed by atoms with Crippen LogP contribution in [-0.4, -0.2) is 15.0 Å². The highest BCUT2D eigenvalue weighted by Gasteiger charge is 2.46. The molecule has 0 atom stereocenters. The Morgan fingerprint density at radius 1 is 0.360 bits per heavy atom. The molecular weight excluding hydrogens is 611 g/mol. The fourth-order valence-corrected chi connectivity index (χ4v) is 7.21. The van der Waals surface area contributed by atoms with Gasteiger partial charge in [0.05, 0.1) is 11.0 Å². The Labute approximate surface area is 291 Å². The maximum Gasteiger partial charge on any atom is 0.167 e. The van der Waals surface area contributed by atoms with Crippen LogP contribution >= 0.6 is 0 Å². The summed E-state index contributed by atoms with van der Waals surface area (Å²) in [4.78, 5) is 15.4. The molecule has 0 aliphatic carbocycles. The molecule has 0 radical (unpaired) electrons. The first-order chi connectivity index (χ1) is 24.8. The second kappa shape index (κ2) is 12.4. The van der Waals surface area contributed by atoms with Gasteiger partial charge in [-0.15, -0.1) is 0 Å². The van der Waals surface area contributed by atoms with Gasteiger partial charge in [0.2, 0.25) is 0 Å². The number of ether oxygens (including phenoxy) is 1. The predicted octanol–water partition coefficient (Wildman–Crippen LogP) is 11.0. The summed E-state index contributed by atoms with van der Waals surface area (Å²) >= 11 is 0. The highest BCUT2D eigenvalue weighted by atomic mass is 16.5. The molecule has 7 aromatic carbocycles. The standard InChI is InChI=1S/C46H31N3O/c1-5-17-32(18-6-1)34-21-15-22-35(31-34)44-47-43(33-19-7-2-8-20-33)48-45(49-44)38-27-16-29-40-42(38)50-41-30-14-13-28-39(41)46(40,36-23-9-3-10-24-36)37-25-11-4-12-26-37/h1-31H.